The normalized spacial score (nSPS) is 13.4. The molecule has 0 amide bonds. The second-order valence-electron chi connectivity index (χ2n) is 6.15. The molecule has 1 atom stereocenters. The molecule has 0 aromatic carbocycles. The molecule has 0 bridgehead atoms. The SMILES string of the molecule is CCC(C)N(CC)c1cnccc1CNC(C)(C)C. The predicted molar refractivity (Wildman–Crippen MR) is 83.6 cm³/mol. The van der Waals surface area contributed by atoms with Gasteiger partial charge in [0, 0.05) is 30.9 Å². The molecule has 108 valence electrons. The average molecular weight is 263 g/mol. The Balaban J connectivity index is 2.94. The van der Waals surface area contributed by atoms with Gasteiger partial charge in [-0.1, -0.05) is 6.92 Å². The van der Waals surface area contributed by atoms with E-state index in [1.54, 1.807) is 0 Å². The van der Waals surface area contributed by atoms with Crippen LogP contribution in [0.5, 0.6) is 0 Å². The summed E-state index contributed by atoms with van der Waals surface area (Å²) in [6.45, 7) is 15.2. The van der Waals surface area contributed by atoms with E-state index in [0.29, 0.717) is 6.04 Å². The summed E-state index contributed by atoms with van der Waals surface area (Å²) in [6, 6.07) is 2.67. The van der Waals surface area contributed by atoms with Gasteiger partial charge in [0.1, 0.15) is 0 Å². The third-order valence-corrected chi connectivity index (χ3v) is 3.47. The van der Waals surface area contributed by atoms with E-state index in [-0.39, 0.29) is 5.54 Å². The summed E-state index contributed by atoms with van der Waals surface area (Å²) < 4.78 is 0. The second-order valence-corrected chi connectivity index (χ2v) is 6.15. The molecule has 0 saturated heterocycles. The lowest BCUT2D eigenvalue weighted by molar-refractivity contribution is 0.424. The van der Waals surface area contributed by atoms with E-state index in [9.17, 15) is 0 Å². The fourth-order valence-electron chi connectivity index (χ4n) is 2.12. The molecule has 1 aromatic rings. The summed E-state index contributed by atoms with van der Waals surface area (Å²) in [5.74, 6) is 0. The highest BCUT2D eigenvalue weighted by Gasteiger charge is 2.16. The minimum atomic E-state index is 0.133. The van der Waals surface area contributed by atoms with Gasteiger partial charge in [0.2, 0.25) is 0 Å². The first-order valence-electron chi connectivity index (χ1n) is 7.33. The second kappa shape index (κ2) is 6.90. The third kappa shape index (κ3) is 4.83. The molecule has 1 rings (SSSR count). The Morgan fingerprint density at radius 2 is 2.00 bits per heavy atom. The molecule has 0 aliphatic heterocycles. The number of anilines is 1. The van der Waals surface area contributed by atoms with Gasteiger partial charge < -0.3 is 10.2 Å². The molecule has 1 aromatic heterocycles. The van der Waals surface area contributed by atoms with Crippen molar-refractivity contribution in [1.29, 1.82) is 0 Å². The largest absolute Gasteiger partial charge is 0.368 e. The lowest BCUT2D eigenvalue weighted by atomic mass is 10.1. The molecule has 1 N–H and O–H groups in total. The Kier molecular flexibility index (Phi) is 5.80. The van der Waals surface area contributed by atoms with Crippen molar-refractivity contribution < 1.29 is 0 Å². The number of pyridine rings is 1. The third-order valence-electron chi connectivity index (χ3n) is 3.47. The fraction of sp³-hybridized carbons (Fsp3) is 0.688. The van der Waals surface area contributed by atoms with Crippen molar-refractivity contribution >= 4 is 5.69 Å². The molecule has 0 saturated carbocycles. The Hall–Kier alpha value is -1.09. The highest BCUT2D eigenvalue weighted by molar-refractivity contribution is 5.52. The maximum atomic E-state index is 4.31. The first-order valence-corrected chi connectivity index (χ1v) is 7.33. The highest BCUT2D eigenvalue weighted by atomic mass is 15.2. The number of rotatable bonds is 6. The molecule has 19 heavy (non-hydrogen) atoms. The van der Waals surface area contributed by atoms with E-state index in [0.717, 1.165) is 19.5 Å². The molecular formula is C16H29N3. The summed E-state index contributed by atoms with van der Waals surface area (Å²) in [5, 5.41) is 3.56. The van der Waals surface area contributed by atoms with Crippen LogP contribution in [-0.2, 0) is 6.54 Å². The van der Waals surface area contributed by atoms with Crippen molar-refractivity contribution in [3.8, 4) is 0 Å². The Morgan fingerprint density at radius 3 is 2.53 bits per heavy atom. The molecule has 1 heterocycles. The van der Waals surface area contributed by atoms with Crippen LogP contribution in [0.15, 0.2) is 18.5 Å². The van der Waals surface area contributed by atoms with E-state index < -0.39 is 0 Å². The minimum absolute atomic E-state index is 0.133. The predicted octanol–water partition coefficient (Wildman–Crippen LogP) is 3.59. The summed E-state index contributed by atoms with van der Waals surface area (Å²) in [4.78, 5) is 6.74. The van der Waals surface area contributed by atoms with Gasteiger partial charge in [-0.15, -0.1) is 0 Å². The summed E-state index contributed by atoms with van der Waals surface area (Å²) in [6.07, 6.45) is 5.03. The van der Waals surface area contributed by atoms with Crippen molar-refractivity contribution in [3.05, 3.63) is 24.0 Å². The number of nitrogens with zero attached hydrogens (tertiary/aromatic N) is 2. The van der Waals surface area contributed by atoms with Gasteiger partial charge in [-0.3, -0.25) is 4.98 Å². The van der Waals surface area contributed by atoms with Gasteiger partial charge in [0.15, 0.2) is 0 Å². The van der Waals surface area contributed by atoms with E-state index in [1.165, 1.54) is 11.3 Å². The molecule has 0 aliphatic carbocycles. The van der Waals surface area contributed by atoms with Crippen LogP contribution in [0, 0.1) is 0 Å². The Morgan fingerprint density at radius 1 is 1.32 bits per heavy atom. The lowest BCUT2D eigenvalue weighted by Gasteiger charge is -2.31. The molecule has 0 spiro atoms. The van der Waals surface area contributed by atoms with Crippen LogP contribution in [0.25, 0.3) is 0 Å². The van der Waals surface area contributed by atoms with Crippen LogP contribution in [0.3, 0.4) is 0 Å². The molecule has 3 heteroatoms. The molecule has 0 fully saturated rings. The van der Waals surface area contributed by atoms with Crippen molar-refractivity contribution in [2.45, 2.75) is 66.1 Å². The van der Waals surface area contributed by atoms with Crippen LogP contribution in [0.4, 0.5) is 5.69 Å². The number of nitrogens with one attached hydrogen (secondary N) is 1. The van der Waals surface area contributed by atoms with Gasteiger partial charge >= 0.3 is 0 Å². The standard InChI is InChI=1S/C16H29N3/c1-7-13(3)19(8-2)15-12-17-10-9-14(15)11-18-16(4,5)6/h9-10,12-13,18H,7-8,11H2,1-6H3. The fourth-order valence-corrected chi connectivity index (χ4v) is 2.12. The molecule has 0 radical (unpaired) electrons. The molecule has 3 nitrogen and oxygen atoms in total. The van der Waals surface area contributed by atoms with Crippen molar-refractivity contribution in [1.82, 2.24) is 10.3 Å². The first kappa shape index (κ1) is 16.0. The maximum absolute atomic E-state index is 4.31. The molecule has 0 aliphatic rings. The lowest BCUT2D eigenvalue weighted by Crippen LogP contribution is -2.37. The van der Waals surface area contributed by atoms with Crippen LogP contribution < -0.4 is 10.2 Å². The zero-order chi connectivity index (χ0) is 14.5. The smallest absolute Gasteiger partial charge is 0.0600 e. The number of aromatic nitrogens is 1. The van der Waals surface area contributed by atoms with Crippen LogP contribution in [-0.4, -0.2) is 23.1 Å². The minimum Gasteiger partial charge on any atom is -0.368 e. The van der Waals surface area contributed by atoms with Gasteiger partial charge in [-0.25, -0.2) is 0 Å². The molecule has 1 unspecified atom stereocenters. The van der Waals surface area contributed by atoms with Gasteiger partial charge in [-0.05, 0) is 52.7 Å². The van der Waals surface area contributed by atoms with Crippen LogP contribution in [0.2, 0.25) is 0 Å². The quantitative estimate of drug-likeness (QED) is 0.850. The van der Waals surface area contributed by atoms with Crippen molar-refractivity contribution in [3.63, 3.8) is 0 Å². The van der Waals surface area contributed by atoms with E-state index in [2.05, 4.69) is 62.8 Å². The van der Waals surface area contributed by atoms with E-state index >= 15 is 0 Å². The monoisotopic (exact) mass is 263 g/mol. The average Bonchev–Trinajstić information content (AvgIpc) is 2.37. The number of hydrogen-bond acceptors (Lipinski definition) is 3. The van der Waals surface area contributed by atoms with Crippen LogP contribution >= 0.6 is 0 Å². The summed E-state index contributed by atoms with van der Waals surface area (Å²) in [7, 11) is 0. The number of hydrogen-bond donors (Lipinski definition) is 1. The first-order chi connectivity index (χ1) is 8.89. The van der Waals surface area contributed by atoms with E-state index in [4.69, 9.17) is 0 Å². The zero-order valence-electron chi connectivity index (χ0n) is 13.3. The van der Waals surface area contributed by atoms with Crippen molar-refractivity contribution in [2.24, 2.45) is 0 Å². The highest BCUT2D eigenvalue weighted by Crippen LogP contribution is 2.22. The van der Waals surface area contributed by atoms with E-state index in [1.807, 2.05) is 12.4 Å². The van der Waals surface area contributed by atoms with Gasteiger partial charge in [0.05, 0.1) is 11.9 Å². The van der Waals surface area contributed by atoms with Gasteiger partial charge in [-0.2, -0.15) is 0 Å². The van der Waals surface area contributed by atoms with Crippen LogP contribution in [0.1, 0.15) is 53.5 Å². The topological polar surface area (TPSA) is 28.2 Å². The summed E-state index contributed by atoms with van der Waals surface area (Å²) >= 11 is 0. The van der Waals surface area contributed by atoms with Gasteiger partial charge in [0.25, 0.3) is 0 Å². The Bertz CT molecular complexity index is 382. The Labute approximate surface area is 118 Å². The van der Waals surface area contributed by atoms with Crippen molar-refractivity contribution in [2.75, 3.05) is 11.4 Å². The zero-order valence-corrected chi connectivity index (χ0v) is 13.3. The summed E-state index contributed by atoms with van der Waals surface area (Å²) in [5.41, 5.74) is 2.72. The maximum Gasteiger partial charge on any atom is 0.0600 e. The molecular weight excluding hydrogens is 234 g/mol.